The Kier molecular flexibility index (Phi) is 5.68. The smallest absolute Gasteiger partial charge is 0.383 e. The van der Waals surface area contributed by atoms with Crippen molar-refractivity contribution in [3.63, 3.8) is 0 Å². The molecule has 0 spiro atoms. The lowest BCUT2D eigenvalue weighted by molar-refractivity contribution is -0.138. The fraction of sp³-hybridized carbons (Fsp3) is 0.320. The predicted octanol–water partition coefficient (Wildman–Crippen LogP) is 4.31. The summed E-state index contributed by atoms with van der Waals surface area (Å²) in [5.41, 5.74) is 6.01. The third kappa shape index (κ3) is 4.20. The molecule has 1 unspecified atom stereocenters. The lowest BCUT2D eigenvalue weighted by Gasteiger charge is -2.27. The first kappa shape index (κ1) is 25.3. The Bertz CT molecular complexity index is 1690. The van der Waals surface area contributed by atoms with Gasteiger partial charge < -0.3 is 20.5 Å². The Morgan fingerprint density at radius 3 is 2.72 bits per heavy atom. The lowest BCUT2D eigenvalue weighted by atomic mass is 10.1. The second-order valence-corrected chi connectivity index (χ2v) is 10.2. The standard InChI is InChI=1S/C25H20ClF4N7O2/c1-10-4-12(25(28,29)30)7-13-19-21(31)32-9-33-23(19)36(20(10)13)8-18(38)37-15-5-11(15)6-16(37)24(39)35-22-14(27)2-3-17(26)34-22/h2-4,7,9,11,15-16H,5-6,8H2,1H3,(H2,31,32,33)(H,34,35,39)/t11-,15?,16+/m1/s1. The largest absolute Gasteiger partial charge is 0.416 e. The number of pyridine rings is 1. The van der Waals surface area contributed by atoms with Crippen molar-refractivity contribution < 1.29 is 27.2 Å². The van der Waals surface area contributed by atoms with Gasteiger partial charge in [-0.25, -0.2) is 19.3 Å². The molecule has 14 heteroatoms. The highest BCUT2D eigenvalue weighted by Gasteiger charge is 2.56. The number of hydrogen-bond donors (Lipinski definition) is 2. The Morgan fingerprint density at radius 1 is 1.21 bits per heavy atom. The molecule has 6 rings (SSSR count). The monoisotopic (exact) mass is 561 g/mol. The van der Waals surface area contributed by atoms with Crippen LogP contribution < -0.4 is 11.1 Å². The van der Waals surface area contributed by atoms with Gasteiger partial charge in [-0.2, -0.15) is 13.2 Å². The number of amides is 2. The summed E-state index contributed by atoms with van der Waals surface area (Å²) in [5, 5.41) is 2.79. The Morgan fingerprint density at radius 2 is 1.97 bits per heavy atom. The lowest BCUT2D eigenvalue weighted by Crippen LogP contribution is -2.46. The molecule has 2 aliphatic rings. The van der Waals surface area contributed by atoms with Crippen molar-refractivity contribution in [1.29, 1.82) is 0 Å². The van der Waals surface area contributed by atoms with E-state index in [1.807, 2.05) is 0 Å². The first-order chi connectivity index (χ1) is 18.4. The number of aryl methyl sites for hydroxylation is 1. The van der Waals surface area contributed by atoms with E-state index in [2.05, 4.69) is 20.3 Å². The van der Waals surface area contributed by atoms with Crippen molar-refractivity contribution in [2.45, 2.75) is 44.6 Å². The molecule has 3 aromatic heterocycles. The van der Waals surface area contributed by atoms with E-state index in [9.17, 15) is 27.2 Å². The minimum absolute atomic E-state index is 0.00872. The summed E-state index contributed by atoms with van der Waals surface area (Å²) in [5.74, 6) is -2.06. The van der Waals surface area contributed by atoms with E-state index < -0.39 is 35.4 Å². The van der Waals surface area contributed by atoms with Crippen LogP contribution in [0.2, 0.25) is 5.15 Å². The highest BCUT2D eigenvalue weighted by Crippen LogP contribution is 2.48. The molecular formula is C25H20ClF4N7O2. The normalized spacial score (nSPS) is 20.5. The number of aromatic nitrogens is 4. The van der Waals surface area contributed by atoms with Crippen LogP contribution >= 0.6 is 11.6 Å². The molecule has 0 radical (unpaired) electrons. The van der Waals surface area contributed by atoms with Crippen LogP contribution in [0.25, 0.3) is 21.9 Å². The van der Waals surface area contributed by atoms with E-state index in [4.69, 9.17) is 17.3 Å². The molecule has 39 heavy (non-hydrogen) atoms. The molecule has 1 aliphatic heterocycles. The Hall–Kier alpha value is -4.00. The van der Waals surface area contributed by atoms with Gasteiger partial charge in [0.1, 0.15) is 35.5 Å². The number of rotatable bonds is 4. The van der Waals surface area contributed by atoms with E-state index >= 15 is 0 Å². The van der Waals surface area contributed by atoms with Gasteiger partial charge in [0.15, 0.2) is 11.6 Å². The minimum atomic E-state index is -4.60. The van der Waals surface area contributed by atoms with Crippen molar-refractivity contribution in [3.8, 4) is 0 Å². The molecule has 1 aromatic carbocycles. The number of alkyl halides is 3. The van der Waals surface area contributed by atoms with E-state index in [1.165, 1.54) is 28.8 Å². The number of likely N-dealkylation sites (tertiary alicyclic amines) is 1. The number of nitrogens with one attached hydrogen (secondary N) is 1. The fourth-order valence-corrected chi connectivity index (χ4v) is 5.72. The van der Waals surface area contributed by atoms with Crippen LogP contribution in [0.3, 0.4) is 0 Å². The average Bonchev–Trinajstić information content (AvgIpc) is 3.40. The molecule has 0 bridgehead atoms. The average molecular weight is 562 g/mol. The van der Waals surface area contributed by atoms with Crippen LogP contribution in [-0.2, 0) is 22.3 Å². The molecule has 4 heterocycles. The molecule has 3 N–H and O–H groups in total. The van der Waals surface area contributed by atoms with Crippen molar-refractivity contribution in [1.82, 2.24) is 24.4 Å². The number of hydrogen-bond acceptors (Lipinski definition) is 6. The summed E-state index contributed by atoms with van der Waals surface area (Å²) in [6, 6.07) is 3.24. The van der Waals surface area contributed by atoms with Crippen molar-refractivity contribution >= 4 is 57.0 Å². The van der Waals surface area contributed by atoms with Crippen LogP contribution in [0.15, 0.2) is 30.6 Å². The number of benzene rings is 1. The van der Waals surface area contributed by atoms with Crippen LogP contribution in [0.5, 0.6) is 0 Å². The number of nitrogens with two attached hydrogens (primary N) is 1. The molecule has 4 aromatic rings. The number of fused-ring (bicyclic) bond motifs is 4. The Labute approximate surface area is 223 Å². The van der Waals surface area contributed by atoms with E-state index in [0.29, 0.717) is 11.9 Å². The first-order valence-corrected chi connectivity index (χ1v) is 12.4. The molecule has 1 saturated heterocycles. The zero-order chi connectivity index (χ0) is 27.8. The molecule has 2 amide bonds. The van der Waals surface area contributed by atoms with Crippen LogP contribution in [0.1, 0.15) is 24.0 Å². The summed E-state index contributed by atoms with van der Waals surface area (Å²) >= 11 is 5.82. The third-order valence-electron chi connectivity index (χ3n) is 7.32. The van der Waals surface area contributed by atoms with Gasteiger partial charge in [0.2, 0.25) is 11.8 Å². The van der Waals surface area contributed by atoms with Crippen molar-refractivity contribution in [2.75, 3.05) is 11.1 Å². The van der Waals surface area contributed by atoms with Gasteiger partial charge in [0.05, 0.1) is 16.5 Å². The summed E-state index contributed by atoms with van der Waals surface area (Å²) in [4.78, 5) is 40.2. The minimum Gasteiger partial charge on any atom is -0.383 e. The van der Waals surface area contributed by atoms with Gasteiger partial charge in [0.25, 0.3) is 0 Å². The highest BCUT2D eigenvalue weighted by molar-refractivity contribution is 6.29. The predicted molar refractivity (Wildman–Crippen MR) is 134 cm³/mol. The third-order valence-corrected chi connectivity index (χ3v) is 7.53. The number of nitrogen functional groups attached to an aromatic ring is 1. The molecule has 2 fully saturated rings. The summed E-state index contributed by atoms with van der Waals surface area (Å²) < 4.78 is 56.4. The number of anilines is 2. The molecule has 3 atom stereocenters. The van der Waals surface area contributed by atoms with E-state index in [1.54, 1.807) is 0 Å². The second kappa shape index (κ2) is 8.76. The van der Waals surface area contributed by atoms with Crippen molar-refractivity contribution in [3.05, 3.63) is 52.7 Å². The topological polar surface area (TPSA) is 119 Å². The maximum atomic E-state index is 14.2. The number of carbonyl (C=O) groups excluding carboxylic acids is 2. The molecule has 9 nitrogen and oxygen atoms in total. The summed E-state index contributed by atoms with van der Waals surface area (Å²) in [6.07, 6.45) is -2.31. The number of nitrogens with zero attached hydrogens (tertiary/aromatic N) is 5. The fourth-order valence-electron chi connectivity index (χ4n) is 5.58. The zero-order valence-corrected chi connectivity index (χ0v) is 21.0. The van der Waals surface area contributed by atoms with Crippen LogP contribution in [0, 0.1) is 18.7 Å². The van der Waals surface area contributed by atoms with Gasteiger partial charge in [-0.3, -0.25) is 9.59 Å². The van der Waals surface area contributed by atoms with E-state index in [-0.39, 0.29) is 57.3 Å². The molecule has 1 saturated carbocycles. The number of carbonyl (C=O) groups is 2. The molecular weight excluding hydrogens is 542 g/mol. The molecule has 202 valence electrons. The maximum absolute atomic E-state index is 14.2. The second-order valence-electron chi connectivity index (χ2n) is 9.80. The Balaban J connectivity index is 1.37. The van der Waals surface area contributed by atoms with Gasteiger partial charge in [-0.1, -0.05) is 11.6 Å². The van der Waals surface area contributed by atoms with E-state index in [0.717, 1.165) is 24.6 Å². The van der Waals surface area contributed by atoms with Crippen LogP contribution in [-0.4, -0.2) is 48.3 Å². The van der Waals surface area contributed by atoms with Gasteiger partial charge in [-0.15, -0.1) is 0 Å². The number of halogens is 5. The van der Waals surface area contributed by atoms with Crippen molar-refractivity contribution in [2.24, 2.45) is 5.92 Å². The van der Waals surface area contributed by atoms with Crippen LogP contribution in [0.4, 0.5) is 29.2 Å². The maximum Gasteiger partial charge on any atom is 0.416 e. The van der Waals surface area contributed by atoms with Gasteiger partial charge >= 0.3 is 6.18 Å². The van der Waals surface area contributed by atoms with Gasteiger partial charge in [-0.05, 0) is 55.5 Å². The summed E-state index contributed by atoms with van der Waals surface area (Å²) in [6.45, 7) is 1.20. The molecule has 1 aliphatic carbocycles. The summed E-state index contributed by atoms with van der Waals surface area (Å²) in [7, 11) is 0. The first-order valence-electron chi connectivity index (χ1n) is 12.0. The highest BCUT2D eigenvalue weighted by atomic mass is 35.5. The number of piperidine rings is 1. The quantitative estimate of drug-likeness (QED) is 0.283. The van der Waals surface area contributed by atoms with Gasteiger partial charge in [0, 0.05) is 11.4 Å². The zero-order valence-electron chi connectivity index (χ0n) is 20.3. The SMILES string of the molecule is Cc1cc(C(F)(F)F)cc2c3c(N)ncnc3n(CC(=O)N3C4C[C@@H]4C[C@H]3C(=O)Nc3nc(Cl)ccc3F)c12.